The summed E-state index contributed by atoms with van der Waals surface area (Å²) < 4.78 is 13.3. The first-order valence-corrected chi connectivity index (χ1v) is 7.40. The molecular formula is C16H21FN2O. The second-order valence-corrected chi connectivity index (χ2v) is 6.16. The maximum absolute atomic E-state index is 13.3. The monoisotopic (exact) mass is 276 g/mol. The maximum atomic E-state index is 13.3. The van der Waals surface area contributed by atoms with Gasteiger partial charge in [-0.3, -0.25) is 4.79 Å². The van der Waals surface area contributed by atoms with Gasteiger partial charge < -0.3 is 10.6 Å². The molecule has 0 spiro atoms. The Labute approximate surface area is 118 Å². The van der Waals surface area contributed by atoms with E-state index in [0.29, 0.717) is 6.04 Å². The molecule has 0 unspecified atom stereocenters. The van der Waals surface area contributed by atoms with E-state index in [-0.39, 0.29) is 23.2 Å². The number of rotatable bonds is 3. The third-order valence-electron chi connectivity index (χ3n) is 4.48. The van der Waals surface area contributed by atoms with Crippen molar-refractivity contribution in [1.82, 2.24) is 10.6 Å². The molecule has 1 saturated heterocycles. The molecule has 4 heteroatoms. The molecule has 2 fully saturated rings. The van der Waals surface area contributed by atoms with Crippen LogP contribution in [0, 0.1) is 11.7 Å². The summed E-state index contributed by atoms with van der Waals surface area (Å²) >= 11 is 0. The second-order valence-electron chi connectivity index (χ2n) is 6.16. The Bertz CT molecular complexity index is 513. The molecule has 3 rings (SSSR count). The third kappa shape index (κ3) is 2.70. The van der Waals surface area contributed by atoms with Gasteiger partial charge in [0.2, 0.25) is 5.91 Å². The fourth-order valence-corrected chi connectivity index (χ4v) is 3.10. The van der Waals surface area contributed by atoms with Crippen molar-refractivity contribution in [2.24, 2.45) is 5.92 Å². The number of carbonyl (C=O) groups is 1. The van der Waals surface area contributed by atoms with Gasteiger partial charge in [-0.25, -0.2) is 4.39 Å². The van der Waals surface area contributed by atoms with E-state index in [1.54, 1.807) is 12.1 Å². The summed E-state index contributed by atoms with van der Waals surface area (Å²) in [7, 11) is 0. The van der Waals surface area contributed by atoms with Crippen LogP contribution in [0.25, 0.3) is 0 Å². The van der Waals surface area contributed by atoms with Crippen molar-refractivity contribution >= 4 is 5.91 Å². The predicted octanol–water partition coefficient (Wildman–Crippen LogP) is 2.32. The number of nitrogens with one attached hydrogen (secondary N) is 2. The summed E-state index contributed by atoms with van der Waals surface area (Å²) in [4.78, 5) is 12.4. The lowest BCUT2D eigenvalue weighted by molar-refractivity contribution is -0.127. The second kappa shape index (κ2) is 5.17. The molecule has 1 saturated carbocycles. The van der Waals surface area contributed by atoms with Crippen molar-refractivity contribution < 1.29 is 9.18 Å². The summed E-state index contributed by atoms with van der Waals surface area (Å²) in [5, 5.41) is 6.52. The summed E-state index contributed by atoms with van der Waals surface area (Å²) in [6.45, 7) is 3.01. The Morgan fingerprint density at radius 2 is 2.25 bits per heavy atom. The number of piperidine rings is 1. The van der Waals surface area contributed by atoms with Gasteiger partial charge in [0.25, 0.3) is 0 Å². The molecule has 108 valence electrons. The van der Waals surface area contributed by atoms with Crippen LogP contribution in [-0.2, 0) is 10.3 Å². The van der Waals surface area contributed by atoms with Gasteiger partial charge in [-0.05, 0) is 56.8 Å². The molecule has 1 aliphatic carbocycles. The van der Waals surface area contributed by atoms with E-state index >= 15 is 0 Å². The SMILES string of the molecule is C[C@H]1C[C@@H](C(=O)NC2(c3cccc(F)c3)CC2)CCN1. The highest BCUT2D eigenvalue weighted by atomic mass is 19.1. The van der Waals surface area contributed by atoms with Crippen LogP contribution in [0.1, 0.15) is 38.2 Å². The van der Waals surface area contributed by atoms with Crippen molar-refractivity contribution in [3.05, 3.63) is 35.6 Å². The molecule has 0 bridgehead atoms. The Balaban J connectivity index is 1.69. The highest BCUT2D eigenvalue weighted by Gasteiger charge is 2.46. The van der Waals surface area contributed by atoms with E-state index in [1.807, 2.05) is 6.07 Å². The van der Waals surface area contributed by atoms with Crippen molar-refractivity contribution in [2.45, 2.75) is 44.2 Å². The predicted molar refractivity (Wildman–Crippen MR) is 75.6 cm³/mol. The zero-order valence-electron chi connectivity index (χ0n) is 11.8. The summed E-state index contributed by atoms with van der Waals surface area (Å²) in [6.07, 6.45) is 3.58. The van der Waals surface area contributed by atoms with E-state index in [2.05, 4.69) is 17.6 Å². The fraction of sp³-hybridized carbons (Fsp3) is 0.562. The first kappa shape index (κ1) is 13.6. The summed E-state index contributed by atoms with van der Waals surface area (Å²) in [6, 6.07) is 6.99. The van der Waals surface area contributed by atoms with E-state index in [4.69, 9.17) is 0 Å². The molecule has 0 radical (unpaired) electrons. The quantitative estimate of drug-likeness (QED) is 0.889. The molecule has 20 heavy (non-hydrogen) atoms. The number of carbonyl (C=O) groups excluding carboxylic acids is 1. The normalized spacial score (nSPS) is 27.9. The van der Waals surface area contributed by atoms with Crippen LogP contribution in [0.4, 0.5) is 4.39 Å². The van der Waals surface area contributed by atoms with Gasteiger partial charge in [-0.2, -0.15) is 0 Å². The minimum absolute atomic E-state index is 0.0808. The topological polar surface area (TPSA) is 41.1 Å². The first-order valence-electron chi connectivity index (χ1n) is 7.40. The first-order chi connectivity index (χ1) is 9.59. The lowest BCUT2D eigenvalue weighted by Crippen LogP contribution is -2.45. The molecule has 1 amide bonds. The minimum Gasteiger partial charge on any atom is -0.346 e. The molecule has 2 N–H and O–H groups in total. The number of hydrogen-bond donors (Lipinski definition) is 2. The molecule has 1 aliphatic heterocycles. The highest BCUT2D eigenvalue weighted by molar-refractivity contribution is 5.80. The number of benzene rings is 1. The molecule has 1 heterocycles. The molecular weight excluding hydrogens is 255 g/mol. The van der Waals surface area contributed by atoms with Crippen molar-refractivity contribution in [3.8, 4) is 0 Å². The van der Waals surface area contributed by atoms with Gasteiger partial charge in [-0.1, -0.05) is 12.1 Å². The van der Waals surface area contributed by atoms with Crippen LogP contribution in [-0.4, -0.2) is 18.5 Å². The minimum atomic E-state index is -0.312. The van der Waals surface area contributed by atoms with Gasteiger partial charge in [0.15, 0.2) is 0 Å². The maximum Gasteiger partial charge on any atom is 0.223 e. The molecule has 3 nitrogen and oxygen atoms in total. The number of amides is 1. The molecule has 2 atom stereocenters. The largest absolute Gasteiger partial charge is 0.346 e. The van der Waals surface area contributed by atoms with E-state index in [0.717, 1.165) is 37.8 Å². The van der Waals surface area contributed by atoms with E-state index < -0.39 is 0 Å². The van der Waals surface area contributed by atoms with E-state index in [9.17, 15) is 9.18 Å². The zero-order chi connectivity index (χ0) is 14.2. The Kier molecular flexibility index (Phi) is 3.50. The van der Waals surface area contributed by atoms with Crippen molar-refractivity contribution in [2.75, 3.05) is 6.54 Å². The molecule has 1 aromatic rings. The Morgan fingerprint density at radius 3 is 2.90 bits per heavy atom. The molecule has 2 aliphatic rings. The van der Waals surface area contributed by atoms with Crippen molar-refractivity contribution in [3.63, 3.8) is 0 Å². The van der Waals surface area contributed by atoms with Crippen LogP contribution < -0.4 is 10.6 Å². The van der Waals surface area contributed by atoms with Crippen LogP contribution in [0.15, 0.2) is 24.3 Å². The molecule has 0 aromatic heterocycles. The number of hydrogen-bond acceptors (Lipinski definition) is 2. The number of halogens is 1. The fourth-order valence-electron chi connectivity index (χ4n) is 3.10. The lowest BCUT2D eigenvalue weighted by atomic mass is 9.91. The van der Waals surface area contributed by atoms with Crippen molar-refractivity contribution in [1.29, 1.82) is 0 Å². The van der Waals surface area contributed by atoms with Crippen LogP contribution in [0.2, 0.25) is 0 Å². The standard InChI is InChI=1S/C16H21FN2O/c1-11-9-12(5-8-18-11)15(20)19-16(6-7-16)13-3-2-4-14(17)10-13/h2-4,10-12,18H,5-9H2,1H3,(H,19,20)/t11-,12-/m0/s1. The summed E-state index contributed by atoms with van der Waals surface area (Å²) in [5.74, 6) is -0.0316. The van der Waals surface area contributed by atoms with E-state index in [1.165, 1.54) is 6.07 Å². The van der Waals surface area contributed by atoms with Gasteiger partial charge >= 0.3 is 0 Å². The third-order valence-corrected chi connectivity index (χ3v) is 4.48. The Hall–Kier alpha value is -1.42. The lowest BCUT2D eigenvalue weighted by Gasteiger charge is -2.29. The average Bonchev–Trinajstić information content (AvgIpc) is 3.20. The Morgan fingerprint density at radius 1 is 1.45 bits per heavy atom. The summed E-state index contributed by atoms with van der Waals surface area (Å²) in [5.41, 5.74) is 0.584. The highest BCUT2D eigenvalue weighted by Crippen LogP contribution is 2.46. The average molecular weight is 276 g/mol. The van der Waals surface area contributed by atoms with Crippen LogP contribution in [0.5, 0.6) is 0 Å². The van der Waals surface area contributed by atoms with Gasteiger partial charge in [0.05, 0.1) is 5.54 Å². The zero-order valence-corrected chi connectivity index (χ0v) is 11.8. The molecule has 1 aromatic carbocycles. The smallest absolute Gasteiger partial charge is 0.223 e. The van der Waals surface area contributed by atoms with Crippen LogP contribution >= 0.6 is 0 Å². The van der Waals surface area contributed by atoms with Gasteiger partial charge in [0.1, 0.15) is 5.82 Å². The van der Waals surface area contributed by atoms with Gasteiger partial charge in [0, 0.05) is 12.0 Å². The van der Waals surface area contributed by atoms with Gasteiger partial charge in [-0.15, -0.1) is 0 Å². The van der Waals surface area contributed by atoms with Crippen LogP contribution in [0.3, 0.4) is 0 Å².